The lowest BCUT2D eigenvalue weighted by Gasteiger charge is -2.34. The van der Waals surface area contributed by atoms with Crippen molar-refractivity contribution in [1.82, 2.24) is 0 Å². The molecule has 4 aliphatic rings. The lowest BCUT2D eigenvalue weighted by molar-refractivity contribution is 0.669. The highest BCUT2D eigenvalue weighted by molar-refractivity contribution is 6.23. The summed E-state index contributed by atoms with van der Waals surface area (Å²) in [6, 6.07) is 62.8. The number of benzene rings is 9. The molecule has 0 N–H and O–H groups in total. The second kappa shape index (κ2) is 13.3. The molecule has 0 radical (unpaired) electrons. The largest absolute Gasteiger partial charge is 0.455 e. The average molecular weight is 843 g/mol. The average Bonchev–Trinajstić information content (AvgIpc) is 4.11. The summed E-state index contributed by atoms with van der Waals surface area (Å²) >= 11 is 0. The van der Waals surface area contributed by atoms with Gasteiger partial charge in [0, 0.05) is 32.7 Å². The molecule has 4 aliphatic carbocycles. The predicted octanol–water partition coefficient (Wildman–Crippen LogP) is 17.6. The fraction of sp³-hybridized carbons (Fsp3) is 0.0938. The van der Waals surface area contributed by atoms with Gasteiger partial charge in [-0.25, -0.2) is 0 Å². The van der Waals surface area contributed by atoms with E-state index in [1.165, 1.54) is 77.2 Å². The molecule has 0 fully saturated rings. The van der Waals surface area contributed by atoms with Gasteiger partial charge in [-0.15, -0.1) is 0 Å². The topological polar surface area (TPSA) is 26.3 Å². The monoisotopic (exact) mass is 842 g/mol. The van der Waals surface area contributed by atoms with Crippen LogP contribution >= 0.6 is 0 Å². The predicted molar refractivity (Wildman–Crippen MR) is 275 cm³/mol. The summed E-state index contributed by atoms with van der Waals surface area (Å²) in [6.45, 7) is 2.36. The zero-order valence-corrected chi connectivity index (χ0v) is 36.5. The Morgan fingerprint density at radius 1 is 0.424 bits per heavy atom. The summed E-state index contributed by atoms with van der Waals surface area (Å²) in [6.07, 6.45) is 12.9. The highest BCUT2D eigenvalue weighted by atomic mass is 16.3. The molecule has 2 nitrogen and oxygen atoms in total. The molecule has 9 aromatic carbocycles. The number of fused-ring (bicyclic) bond motifs is 16. The summed E-state index contributed by atoms with van der Waals surface area (Å²) in [5.74, 6) is 0.496. The zero-order chi connectivity index (χ0) is 43.3. The van der Waals surface area contributed by atoms with Crippen LogP contribution in [0.1, 0.15) is 48.4 Å². The van der Waals surface area contributed by atoms with Gasteiger partial charge in [0.05, 0.1) is 5.41 Å². The van der Waals surface area contributed by atoms with E-state index in [4.69, 9.17) is 8.83 Å². The molecule has 1 spiro atoms. The molecule has 66 heavy (non-hydrogen) atoms. The number of furan rings is 2. The van der Waals surface area contributed by atoms with Crippen LogP contribution in [0.3, 0.4) is 0 Å². The van der Waals surface area contributed by atoms with Crippen molar-refractivity contribution in [2.75, 3.05) is 0 Å². The summed E-state index contributed by atoms with van der Waals surface area (Å²) in [5, 5.41) is 9.38. The number of allylic oxidation sites excluding steroid dienone is 8. The first-order valence-electron chi connectivity index (χ1n) is 23.5. The van der Waals surface area contributed by atoms with Crippen molar-refractivity contribution in [2.24, 2.45) is 5.92 Å². The van der Waals surface area contributed by atoms with Crippen molar-refractivity contribution < 1.29 is 8.83 Å². The smallest absolute Gasteiger partial charge is 0.143 e. The molecule has 2 unspecified atom stereocenters. The van der Waals surface area contributed by atoms with Gasteiger partial charge in [0.1, 0.15) is 22.3 Å². The van der Waals surface area contributed by atoms with Crippen molar-refractivity contribution in [2.45, 2.75) is 31.6 Å². The van der Waals surface area contributed by atoms with Crippen LogP contribution in [-0.2, 0) is 5.41 Å². The maximum Gasteiger partial charge on any atom is 0.143 e. The Kier molecular flexibility index (Phi) is 7.34. The number of para-hydroxylation sites is 4. The molecule has 310 valence electrons. The highest BCUT2D eigenvalue weighted by Gasteiger charge is 2.54. The lowest BCUT2D eigenvalue weighted by atomic mass is 9.67. The minimum atomic E-state index is -0.370. The van der Waals surface area contributed by atoms with E-state index >= 15 is 0 Å². The van der Waals surface area contributed by atoms with Crippen LogP contribution in [0.5, 0.6) is 0 Å². The van der Waals surface area contributed by atoms with Crippen LogP contribution in [0, 0.1) is 5.92 Å². The summed E-state index contributed by atoms with van der Waals surface area (Å²) in [7, 11) is 0. The standard InChI is InChI=1S/C64H42O2/c1-37-33-34-56-53(35-37)40-15-2-6-28-54(40)64(56)55-29-7-3-18-49(55)61-50(27-14-30-57(61)64)60-43-21-10-19-38(45-23-12-25-47-41-16-4-8-31-58(41)65-62(45)47)51(43)36-52-39(20-11-22-44(52)60)46-24-13-26-48-42-17-5-9-32-59(42)66-63(46)48/h2,4-17,19-34,36-37H,3,18,35H2,1H3. The first kappa shape index (κ1) is 36.4. The van der Waals surface area contributed by atoms with Gasteiger partial charge in [0.2, 0.25) is 0 Å². The molecule has 0 aliphatic heterocycles. The number of hydrogen-bond donors (Lipinski definition) is 0. The molecular weight excluding hydrogens is 801 g/mol. The molecule has 15 rings (SSSR count). The van der Waals surface area contributed by atoms with Gasteiger partial charge < -0.3 is 8.83 Å². The third kappa shape index (κ3) is 4.66. The van der Waals surface area contributed by atoms with E-state index in [-0.39, 0.29) is 5.41 Å². The molecule has 0 amide bonds. The third-order valence-corrected chi connectivity index (χ3v) is 15.5. The minimum Gasteiger partial charge on any atom is -0.455 e. The Bertz CT molecular complexity index is 3930. The van der Waals surface area contributed by atoms with Crippen LogP contribution < -0.4 is 0 Å². The number of rotatable bonds is 3. The molecule has 11 aromatic rings. The maximum absolute atomic E-state index is 6.78. The Labute approximate surface area is 382 Å². The van der Waals surface area contributed by atoms with Gasteiger partial charge in [0.15, 0.2) is 0 Å². The molecule has 2 heterocycles. The van der Waals surface area contributed by atoms with E-state index in [2.05, 4.69) is 201 Å². The minimum absolute atomic E-state index is 0.370. The van der Waals surface area contributed by atoms with E-state index in [1.807, 2.05) is 0 Å². The van der Waals surface area contributed by atoms with Crippen LogP contribution in [0.4, 0.5) is 0 Å². The van der Waals surface area contributed by atoms with Gasteiger partial charge >= 0.3 is 0 Å². The quantitative estimate of drug-likeness (QED) is 0.166. The van der Waals surface area contributed by atoms with Gasteiger partial charge in [-0.3, -0.25) is 0 Å². The zero-order valence-electron chi connectivity index (χ0n) is 36.5. The third-order valence-electron chi connectivity index (χ3n) is 15.5. The van der Waals surface area contributed by atoms with Crippen LogP contribution in [-0.4, -0.2) is 0 Å². The first-order chi connectivity index (χ1) is 32.7. The first-order valence-corrected chi connectivity index (χ1v) is 23.5. The SMILES string of the molecule is CC1C=CC2=C(C1)c1ccccc1C21C2=C(CCC=C2)c2c(-c3c4cccc(-c5cccc6c5oc5ccccc56)c4cc4c(-c5cccc6c5oc5ccccc56)cccc34)cccc21. The molecule has 2 aromatic heterocycles. The van der Waals surface area contributed by atoms with Crippen molar-refractivity contribution in [3.05, 3.63) is 228 Å². The van der Waals surface area contributed by atoms with Gasteiger partial charge in [-0.1, -0.05) is 183 Å². The lowest BCUT2D eigenvalue weighted by Crippen LogP contribution is -2.28. The van der Waals surface area contributed by atoms with E-state index in [9.17, 15) is 0 Å². The normalized spacial score (nSPS) is 18.5. The van der Waals surface area contributed by atoms with Crippen LogP contribution in [0.25, 0.3) is 110 Å². The summed E-state index contributed by atoms with van der Waals surface area (Å²) in [4.78, 5) is 0. The van der Waals surface area contributed by atoms with E-state index in [0.717, 1.165) is 85.4 Å². The molecule has 2 heteroatoms. The fourth-order valence-corrected chi connectivity index (χ4v) is 12.9. The van der Waals surface area contributed by atoms with Crippen LogP contribution in [0.2, 0.25) is 0 Å². The van der Waals surface area contributed by atoms with E-state index < -0.39 is 0 Å². The fourth-order valence-electron chi connectivity index (χ4n) is 12.9. The van der Waals surface area contributed by atoms with Crippen LogP contribution in [0.15, 0.2) is 214 Å². The maximum atomic E-state index is 6.78. The molecule has 0 bridgehead atoms. The summed E-state index contributed by atoms with van der Waals surface area (Å²) < 4.78 is 13.6. The van der Waals surface area contributed by atoms with Crippen molar-refractivity contribution in [3.63, 3.8) is 0 Å². The van der Waals surface area contributed by atoms with Crippen molar-refractivity contribution in [1.29, 1.82) is 0 Å². The molecule has 0 saturated carbocycles. The van der Waals surface area contributed by atoms with Gasteiger partial charge in [0.25, 0.3) is 0 Å². The number of hydrogen-bond acceptors (Lipinski definition) is 2. The van der Waals surface area contributed by atoms with E-state index in [0.29, 0.717) is 5.92 Å². The van der Waals surface area contributed by atoms with E-state index in [1.54, 1.807) is 0 Å². The summed E-state index contributed by atoms with van der Waals surface area (Å²) in [5.41, 5.74) is 21.9. The highest BCUT2D eigenvalue weighted by Crippen LogP contribution is 2.65. The molecular formula is C64H42O2. The Morgan fingerprint density at radius 3 is 1.62 bits per heavy atom. The second-order valence-electron chi connectivity index (χ2n) is 18.9. The molecule has 2 atom stereocenters. The Morgan fingerprint density at radius 2 is 0.939 bits per heavy atom. The second-order valence-corrected chi connectivity index (χ2v) is 18.9. The van der Waals surface area contributed by atoms with Gasteiger partial charge in [-0.05, 0) is 132 Å². The van der Waals surface area contributed by atoms with Crippen molar-refractivity contribution >= 4 is 76.6 Å². The van der Waals surface area contributed by atoms with Crippen molar-refractivity contribution in [3.8, 4) is 33.4 Å². The van der Waals surface area contributed by atoms with Gasteiger partial charge in [-0.2, -0.15) is 0 Å². The Balaban J connectivity index is 1.08. The molecule has 0 saturated heterocycles. The Hall–Kier alpha value is -7.94.